The minimum atomic E-state index is 0.285. The minimum absolute atomic E-state index is 0.285. The number of hydrogen-bond acceptors (Lipinski definition) is 4. The van der Waals surface area contributed by atoms with Gasteiger partial charge in [0.05, 0.1) is 6.54 Å². The zero-order chi connectivity index (χ0) is 14.7. The van der Waals surface area contributed by atoms with E-state index in [4.69, 9.17) is 0 Å². The van der Waals surface area contributed by atoms with E-state index < -0.39 is 0 Å². The van der Waals surface area contributed by atoms with E-state index >= 15 is 0 Å². The molecule has 21 heavy (non-hydrogen) atoms. The summed E-state index contributed by atoms with van der Waals surface area (Å²) in [6.07, 6.45) is 6.47. The summed E-state index contributed by atoms with van der Waals surface area (Å²) >= 11 is 0. The Morgan fingerprint density at radius 2 is 2.10 bits per heavy atom. The number of carbonyl (C=O) groups excluding carboxylic acids is 1. The lowest BCUT2D eigenvalue weighted by atomic mass is 9.94. The van der Waals surface area contributed by atoms with Gasteiger partial charge in [-0.15, -0.1) is 0 Å². The lowest BCUT2D eigenvalue weighted by molar-refractivity contribution is -0.133. The second kappa shape index (κ2) is 6.52. The summed E-state index contributed by atoms with van der Waals surface area (Å²) in [7, 11) is 0. The maximum Gasteiger partial charge on any atom is 0.236 e. The first kappa shape index (κ1) is 14.4. The van der Waals surface area contributed by atoms with Crippen molar-refractivity contribution in [1.82, 2.24) is 19.8 Å². The summed E-state index contributed by atoms with van der Waals surface area (Å²) in [6.45, 7) is 6.37. The molecule has 1 amide bonds. The molecule has 2 fully saturated rings. The second-order valence-electron chi connectivity index (χ2n) is 6.19. The van der Waals surface area contributed by atoms with Crippen molar-refractivity contribution < 1.29 is 4.79 Å². The molecule has 114 valence electrons. The van der Waals surface area contributed by atoms with Crippen LogP contribution in [0.1, 0.15) is 43.1 Å². The van der Waals surface area contributed by atoms with Gasteiger partial charge >= 0.3 is 0 Å². The lowest BCUT2D eigenvalue weighted by Gasteiger charge is -2.33. The van der Waals surface area contributed by atoms with Gasteiger partial charge in [0.25, 0.3) is 0 Å². The van der Waals surface area contributed by atoms with Crippen LogP contribution in [0.25, 0.3) is 0 Å². The number of aryl methyl sites for hydroxylation is 1. The molecule has 0 N–H and O–H groups in total. The molecule has 0 bridgehead atoms. The predicted molar refractivity (Wildman–Crippen MR) is 81.0 cm³/mol. The highest BCUT2D eigenvalue weighted by molar-refractivity contribution is 5.78. The van der Waals surface area contributed by atoms with Crippen molar-refractivity contribution in [2.45, 2.75) is 38.5 Å². The van der Waals surface area contributed by atoms with Gasteiger partial charge in [-0.05, 0) is 51.8 Å². The third kappa shape index (κ3) is 3.59. The zero-order valence-corrected chi connectivity index (χ0v) is 12.8. The van der Waals surface area contributed by atoms with Gasteiger partial charge in [-0.2, -0.15) is 0 Å². The average molecular weight is 288 g/mol. The Morgan fingerprint density at radius 1 is 1.29 bits per heavy atom. The summed E-state index contributed by atoms with van der Waals surface area (Å²) in [5.74, 6) is 1.46. The van der Waals surface area contributed by atoms with Crippen LogP contribution in [0.15, 0.2) is 12.3 Å². The highest BCUT2D eigenvalue weighted by Gasteiger charge is 2.27. The van der Waals surface area contributed by atoms with Crippen molar-refractivity contribution >= 4 is 5.91 Å². The van der Waals surface area contributed by atoms with Crippen LogP contribution in [0, 0.1) is 6.92 Å². The van der Waals surface area contributed by atoms with Crippen LogP contribution in [0.2, 0.25) is 0 Å². The first-order valence-corrected chi connectivity index (χ1v) is 8.02. The number of hydrogen-bond donors (Lipinski definition) is 0. The normalized spacial score (nSPS) is 23.5. The molecule has 0 spiro atoms. The third-order valence-corrected chi connectivity index (χ3v) is 4.55. The van der Waals surface area contributed by atoms with E-state index in [0.29, 0.717) is 12.5 Å². The Labute approximate surface area is 126 Å². The maximum atomic E-state index is 12.4. The number of likely N-dealkylation sites (tertiary alicyclic amines) is 2. The van der Waals surface area contributed by atoms with Crippen molar-refractivity contribution in [2.24, 2.45) is 0 Å². The molecule has 3 rings (SSSR count). The molecule has 0 unspecified atom stereocenters. The quantitative estimate of drug-likeness (QED) is 0.847. The summed E-state index contributed by atoms with van der Waals surface area (Å²) in [6, 6.07) is 1.99. The number of piperidine rings is 1. The fraction of sp³-hybridized carbons (Fsp3) is 0.688. The van der Waals surface area contributed by atoms with Gasteiger partial charge in [0.2, 0.25) is 5.91 Å². The Bertz CT molecular complexity index is 499. The van der Waals surface area contributed by atoms with Crippen molar-refractivity contribution in [3.05, 3.63) is 23.8 Å². The third-order valence-electron chi connectivity index (χ3n) is 4.55. The Morgan fingerprint density at radius 3 is 2.86 bits per heavy atom. The maximum absolute atomic E-state index is 12.4. The van der Waals surface area contributed by atoms with Crippen LogP contribution in [-0.4, -0.2) is 58.4 Å². The van der Waals surface area contributed by atoms with Crippen LogP contribution >= 0.6 is 0 Å². The molecule has 2 aliphatic rings. The van der Waals surface area contributed by atoms with Gasteiger partial charge in [0.1, 0.15) is 5.82 Å². The number of amides is 1. The molecule has 0 aliphatic carbocycles. The molecule has 0 saturated carbocycles. The molecule has 3 heterocycles. The summed E-state index contributed by atoms with van der Waals surface area (Å²) < 4.78 is 0. The fourth-order valence-electron chi connectivity index (χ4n) is 3.38. The van der Waals surface area contributed by atoms with Gasteiger partial charge < -0.3 is 4.90 Å². The first-order chi connectivity index (χ1) is 10.2. The Hall–Kier alpha value is -1.49. The molecule has 1 aromatic heterocycles. The molecule has 0 aromatic carbocycles. The topological polar surface area (TPSA) is 49.3 Å². The highest BCUT2D eigenvalue weighted by Crippen LogP contribution is 2.25. The Kier molecular flexibility index (Phi) is 4.48. The van der Waals surface area contributed by atoms with Crippen LogP contribution in [0.3, 0.4) is 0 Å². The molecule has 1 atom stereocenters. The molecule has 5 nitrogen and oxygen atoms in total. The molecule has 0 radical (unpaired) electrons. The monoisotopic (exact) mass is 288 g/mol. The van der Waals surface area contributed by atoms with Gasteiger partial charge in [-0.1, -0.05) is 0 Å². The van der Waals surface area contributed by atoms with Crippen molar-refractivity contribution in [1.29, 1.82) is 0 Å². The standard InChI is InChI=1S/C16H24N4O/c1-13-17-7-6-15(18-13)14-5-4-10-20(11-14)16(21)12-19-8-2-3-9-19/h6-7,14H,2-5,8-12H2,1H3/t14-/m0/s1. The number of carbonyl (C=O) groups is 1. The molecule has 5 heteroatoms. The van der Waals surface area contributed by atoms with Crippen LogP contribution < -0.4 is 0 Å². The van der Waals surface area contributed by atoms with E-state index in [1.54, 1.807) is 0 Å². The minimum Gasteiger partial charge on any atom is -0.341 e. The number of rotatable bonds is 3. The van der Waals surface area contributed by atoms with Crippen LogP contribution in [-0.2, 0) is 4.79 Å². The van der Waals surface area contributed by atoms with Gasteiger partial charge in [-0.25, -0.2) is 9.97 Å². The predicted octanol–water partition coefficient (Wildman–Crippen LogP) is 1.59. The summed E-state index contributed by atoms with van der Waals surface area (Å²) in [4.78, 5) is 25.5. The lowest BCUT2D eigenvalue weighted by Crippen LogP contribution is -2.44. The smallest absolute Gasteiger partial charge is 0.236 e. The highest BCUT2D eigenvalue weighted by atomic mass is 16.2. The average Bonchev–Trinajstić information content (AvgIpc) is 3.00. The molecule has 2 aliphatic heterocycles. The number of aromatic nitrogens is 2. The SMILES string of the molecule is Cc1nccc([C@H]2CCCN(C(=O)CN3CCCC3)C2)n1. The number of nitrogens with zero attached hydrogens (tertiary/aromatic N) is 4. The van der Waals surface area contributed by atoms with E-state index in [9.17, 15) is 4.79 Å². The van der Waals surface area contributed by atoms with E-state index in [-0.39, 0.29) is 5.91 Å². The zero-order valence-electron chi connectivity index (χ0n) is 12.8. The van der Waals surface area contributed by atoms with Gasteiger partial charge in [0.15, 0.2) is 0 Å². The van der Waals surface area contributed by atoms with Gasteiger partial charge in [-0.3, -0.25) is 9.69 Å². The second-order valence-corrected chi connectivity index (χ2v) is 6.19. The molecular formula is C16H24N4O. The van der Waals surface area contributed by atoms with E-state index in [2.05, 4.69) is 14.9 Å². The van der Waals surface area contributed by atoms with Crippen molar-refractivity contribution in [2.75, 3.05) is 32.7 Å². The molecular weight excluding hydrogens is 264 g/mol. The Balaban J connectivity index is 1.61. The summed E-state index contributed by atoms with van der Waals surface area (Å²) in [5.41, 5.74) is 1.08. The van der Waals surface area contributed by atoms with E-state index in [1.807, 2.05) is 24.1 Å². The van der Waals surface area contributed by atoms with Crippen LogP contribution in [0.4, 0.5) is 0 Å². The van der Waals surface area contributed by atoms with E-state index in [0.717, 1.165) is 50.5 Å². The van der Waals surface area contributed by atoms with Gasteiger partial charge in [0, 0.05) is 30.9 Å². The van der Waals surface area contributed by atoms with Crippen molar-refractivity contribution in [3.8, 4) is 0 Å². The summed E-state index contributed by atoms with van der Waals surface area (Å²) in [5, 5.41) is 0. The van der Waals surface area contributed by atoms with Crippen molar-refractivity contribution in [3.63, 3.8) is 0 Å². The first-order valence-electron chi connectivity index (χ1n) is 8.02. The molecule has 2 saturated heterocycles. The van der Waals surface area contributed by atoms with Crippen LogP contribution in [0.5, 0.6) is 0 Å². The van der Waals surface area contributed by atoms with E-state index in [1.165, 1.54) is 12.8 Å². The largest absolute Gasteiger partial charge is 0.341 e. The molecule has 1 aromatic rings. The fourth-order valence-corrected chi connectivity index (χ4v) is 3.38.